The van der Waals surface area contributed by atoms with Gasteiger partial charge in [-0.2, -0.15) is 15.0 Å². The zero-order valence-electron chi connectivity index (χ0n) is 19.4. The number of amides is 1. The molecule has 1 N–H and O–H groups in total. The Morgan fingerprint density at radius 3 is 2.80 bits per heavy atom. The number of morpholine rings is 1. The lowest BCUT2D eigenvalue weighted by atomic mass is 10.1. The fraction of sp³-hybridized carbons (Fsp3) is 0.348. The summed E-state index contributed by atoms with van der Waals surface area (Å²) in [4.78, 5) is 23.3. The first-order chi connectivity index (χ1) is 17.0. The van der Waals surface area contributed by atoms with E-state index in [2.05, 4.69) is 36.8 Å². The largest absolute Gasteiger partial charge is 0.382 e. The number of ether oxygens (including phenoxy) is 1. The van der Waals surface area contributed by atoms with Crippen molar-refractivity contribution in [3.8, 4) is 23.1 Å². The van der Waals surface area contributed by atoms with Crippen molar-refractivity contribution in [1.82, 2.24) is 39.6 Å². The third kappa shape index (κ3) is 4.67. The predicted molar refractivity (Wildman–Crippen MR) is 127 cm³/mol. The summed E-state index contributed by atoms with van der Waals surface area (Å²) in [5, 5.41) is 26.2. The summed E-state index contributed by atoms with van der Waals surface area (Å²) in [6.45, 7) is 6.47. The van der Waals surface area contributed by atoms with Crippen LogP contribution in [0.15, 0.2) is 36.9 Å². The Bertz CT molecular complexity index is 1410. The summed E-state index contributed by atoms with van der Waals surface area (Å²) in [5.74, 6) is 0.551. The van der Waals surface area contributed by atoms with Crippen molar-refractivity contribution in [3.05, 3.63) is 42.5 Å². The van der Waals surface area contributed by atoms with Gasteiger partial charge < -0.3 is 15.0 Å². The van der Waals surface area contributed by atoms with Crippen LogP contribution in [0.25, 0.3) is 28.1 Å². The van der Waals surface area contributed by atoms with Crippen molar-refractivity contribution in [2.45, 2.75) is 26.4 Å². The van der Waals surface area contributed by atoms with Crippen LogP contribution in [-0.2, 0) is 16.1 Å². The Morgan fingerprint density at radius 1 is 1.20 bits per heavy atom. The summed E-state index contributed by atoms with van der Waals surface area (Å²) >= 11 is 0. The minimum absolute atomic E-state index is 0.0173. The van der Waals surface area contributed by atoms with Crippen LogP contribution in [0.3, 0.4) is 0 Å². The molecule has 4 aromatic heterocycles. The van der Waals surface area contributed by atoms with Gasteiger partial charge in [-0.05, 0) is 19.9 Å². The minimum atomic E-state index is -0.0173. The molecule has 1 aliphatic heterocycles. The quantitative estimate of drug-likeness (QED) is 0.443. The van der Waals surface area contributed by atoms with Gasteiger partial charge in [-0.3, -0.25) is 4.79 Å². The highest BCUT2D eigenvalue weighted by Gasteiger charge is 2.19. The van der Waals surface area contributed by atoms with Crippen LogP contribution in [0.4, 0.5) is 5.69 Å². The van der Waals surface area contributed by atoms with E-state index in [4.69, 9.17) is 10.00 Å². The van der Waals surface area contributed by atoms with Crippen LogP contribution >= 0.6 is 0 Å². The van der Waals surface area contributed by atoms with E-state index in [1.807, 2.05) is 19.9 Å². The van der Waals surface area contributed by atoms with Gasteiger partial charge in [0.05, 0.1) is 31.2 Å². The number of aromatic nitrogens is 7. The molecule has 1 amide bonds. The van der Waals surface area contributed by atoms with E-state index in [-0.39, 0.29) is 18.5 Å². The Labute approximate surface area is 201 Å². The number of pyridine rings is 2. The number of carbonyl (C=O) groups is 1. The van der Waals surface area contributed by atoms with E-state index in [9.17, 15) is 4.79 Å². The van der Waals surface area contributed by atoms with Gasteiger partial charge >= 0.3 is 0 Å². The lowest BCUT2D eigenvalue weighted by Crippen LogP contribution is -2.42. The molecule has 5 heterocycles. The summed E-state index contributed by atoms with van der Waals surface area (Å²) in [6.07, 6.45) is 6.62. The number of hydrogen-bond donors (Lipinski definition) is 1. The molecule has 12 heteroatoms. The number of carbonyl (C=O) groups excluding carboxylic acids is 1. The van der Waals surface area contributed by atoms with Crippen LogP contribution in [0, 0.1) is 11.3 Å². The molecule has 0 saturated carbocycles. The molecule has 0 atom stereocenters. The first kappa shape index (κ1) is 22.4. The summed E-state index contributed by atoms with van der Waals surface area (Å²) in [6, 6.07) is 5.85. The van der Waals surface area contributed by atoms with Crippen molar-refractivity contribution in [3.63, 3.8) is 0 Å². The fourth-order valence-electron chi connectivity index (χ4n) is 3.90. The number of fused-ring (bicyclic) bond motifs is 1. The van der Waals surface area contributed by atoms with Gasteiger partial charge in [0.25, 0.3) is 0 Å². The highest BCUT2D eigenvalue weighted by molar-refractivity contribution is 5.80. The smallest absolute Gasteiger partial charge is 0.244 e. The van der Waals surface area contributed by atoms with E-state index in [1.54, 1.807) is 34.2 Å². The lowest BCUT2D eigenvalue weighted by molar-refractivity contribution is -0.136. The molecule has 4 aromatic rings. The maximum absolute atomic E-state index is 12.6. The van der Waals surface area contributed by atoms with Gasteiger partial charge in [0.2, 0.25) is 5.91 Å². The van der Waals surface area contributed by atoms with E-state index in [0.29, 0.717) is 49.0 Å². The highest BCUT2D eigenvalue weighted by atomic mass is 16.5. The Balaban J connectivity index is 1.44. The van der Waals surface area contributed by atoms with Crippen molar-refractivity contribution >= 4 is 22.6 Å². The molecule has 1 fully saturated rings. The van der Waals surface area contributed by atoms with E-state index < -0.39 is 0 Å². The maximum atomic E-state index is 12.6. The SMILES string of the molecule is CC(C)Nc1cc(-n2ncc3cc(C#N)cnc32)ncc1-c1cn(CC(=O)N2CCOCC2)nn1. The predicted octanol–water partition coefficient (Wildman–Crippen LogP) is 1.62. The second-order valence-electron chi connectivity index (χ2n) is 8.49. The molecule has 5 rings (SSSR count). The number of rotatable bonds is 6. The molecular formula is C23H24N10O2. The minimum Gasteiger partial charge on any atom is -0.382 e. The second-order valence-corrected chi connectivity index (χ2v) is 8.49. The van der Waals surface area contributed by atoms with E-state index in [1.165, 1.54) is 10.9 Å². The molecule has 178 valence electrons. The zero-order chi connectivity index (χ0) is 24.4. The lowest BCUT2D eigenvalue weighted by Gasteiger charge is -2.26. The van der Waals surface area contributed by atoms with Gasteiger partial charge in [0.1, 0.15) is 18.3 Å². The van der Waals surface area contributed by atoms with E-state index >= 15 is 0 Å². The Kier molecular flexibility index (Phi) is 6.07. The first-order valence-corrected chi connectivity index (χ1v) is 11.3. The Hall–Kier alpha value is -4.37. The van der Waals surface area contributed by atoms with Crippen molar-refractivity contribution < 1.29 is 9.53 Å². The topological polar surface area (TPSA) is 140 Å². The van der Waals surface area contributed by atoms with Gasteiger partial charge in [-0.15, -0.1) is 5.10 Å². The number of anilines is 1. The van der Waals surface area contributed by atoms with E-state index in [0.717, 1.165) is 16.6 Å². The van der Waals surface area contributed by atoms with Crippen LogP contribution in [-0.4, -0.2) is 77.9 Å². The molecule has 12 nitrogen and oxygen atoms in total. The summed E-state index contributed by atoms with van der Waals surface area (Å²) in [5.41, 5.74) is 3.23. The number of nitrogens with one attached hydrogen (secondary N) is 1. The van der Waals surface area contributed by atoms with Gasteiger partial charge in [-0.1, -0.05) is 5.21 Å². The van der Waals surface area contributed by atoms with Crippen LogP contribution in [0.1, 0.15) is 19.4 Å². The summed E-state index contributed by atoms with van der Waals surface area (Å²) in [7, 11) is 0. The second kappa shape index (κ2) is 9.47. The number of hydrogen-bond acceptors (Lipinski definition) is 9. The number of nitrogens with zero attached hydrogens (tertiary/aromatic N) is 9. The maximum Gasteiger partial charge on any atom is 0.244 e. The zero-order valence-corrected chi connectivity index (χ0v) is 19.4. The number of nitriles is 1. The standard InChI is InChI=1S/C23H24N10O2/c1-15(2)28-19-8-21(33-23-17(11-27-33)7-16(9-24)10-26-23)25-12-18(19)20-13-32(30-29-20)14-22(34)31-3-5-35-6-4-31/h7-8,10-13,15H,3-6,14H2,1-2H3,(H,25,28). The van der Waals surface area contributed by atoms with Crippen LogP contribution in [0.5, 0.6) is 0 Å². The van der Waals surface area contributed by atoms with Crippen molar-refractivity contribution in [2.24, 2.45) is 0 Å². The van der Waals surface area contributed by atoms with Crippen molar-refractivity contribution in [2.75, 3.05) is 31.6 Å². The molecule has 0 aliphatic carbocycles. The molecule has 0 bridgehead atoms. The molecule has 35 heavy (non-hydrogen) atoms. The first-order valence-electron chi connectivity index (χ1n) is 11.3. The van der Waals surface area contributed by atoms with Crippen molar-refractivity contribution in [1.29, 1.82) is 5.26 Å². The molecular weight excluding hydrogens is 448 g/mol. The normalized spacial score (nSPS) is 13.8. The third-order valence-electron chi connectivity index (χ3n) is 5.56. The molecule has 0 unspecified atom stereocenters. The summed E-state index contributed by atoms with van der Waals surface area (Å²) < 4.78 is 8.48. The average molecular weight is 473 g/mol. The van der Waals surface area contributed by atoms with Gasteiger partial charge in [-0.25, -0.2) is 14.6 Å². The fourth-order valence-corrected chi connectivity index (χ4v) is 3.90. The third-order valence-corrected chi connectivity index (χ3v) is 5.56. The monoisotopic (exact) mass is 472 g/mol. The van der Waals surface area contributed by atoms with Gasteiger partial charge in [0.15, 0.2) is 11.5 Å². The average Bonchev–Trinajstić information content (AvgIpc) is 3.50. The Morgan fingerprint density at radius 2 is 2.03 bits per heavy atom. The van der Waals surface area contributed by atoms with Crippen LogP contribution in [0.2, 0.25) is 0 Å². The molecule has 0 spiro atoms. The van der Waals surface area contributed by atoms with Gasteiger partial charge in [0, 0.05) is 54.2 Å². The van der Waals surface area contributed by atoms with Crippen LogP contribution < -0.4 is 5.32 Å². The molecule has 1 saturated heterocycles. The molecule has 0 aromatic carbocycles. The molecule has 1 aliphatic rings. The highest BCUT2D eigenvalue weighted by Crippen LogP contribution is 2.28. The molecule has 0 radical (unpaired) electrons.